The molecular weight excluding hydrogens is 268 g/mol. The fourth-order valence-electron chi connectivity index (χ4n) is 2.92. The molecule has 3 heteroatoms. The summed E-state index contributed by atoms with van der Waals surface area (Å²) in [6.07, 6.45) is 2.87. The average molecular weight is 287 g/mol. The lowest BCUT2D eigenvalue weighted by atomic mass is 9.75. The van der Waals surface area contributed by atoms with E-state index in [2.05, 4.69) is 5.32 Å². The Labute approximate surface area is 124 Å². The van der Waals surface area contributed by atoms with Gasteiger partial charge in [0, 0.05) is 6.04 Å². The zero-order valence-corrected chi connectivity index (χ0v) is 11.9. The Kier molecular flexibility index (Phi) is 4.30. The molecule has 0 heterocycles. The van der Waals surface area contributed by atoms with Crippen molar-refractivity contribution in [3.63, 3.8) is 0 Å². The number of hydrogen-bond donors (Lipinski definition) is 1. The molecule has 1 saturated carbocycles. The van der Waals surface area contributed by atoms with Gasteiger partial charge in [-0.05, 0) is 61.1 Å². The molecule has 1 fully saturated rings. The van der Waals surface area contributed by atoms with E-state index in [1.807, 2.05) is 24.3 Å². The van der Waals surface area contributed by atoms with Crippen LogP contribution in [0.3, 0.4) is 0 Å². The average Bonchev–Trinajstić information content (AvgIpc) is 2.45. The van der Waals surface area contributed by atoms with E-state index in [1.54, 1.807) is 6.07 Å². The van der Waals surface area contributed by atoms with Gasteiger partial charge in [-0.3, -0.25) is 0 Å². The number of rotatable bonds is 5. The SMILES string of the molecule is Fc1ccc(CCNC2CC(c3ccccc3F)C2)cc1. The highest BCUT2D eigenvalue weighted by Crippen LogP contribution is 2.37. The van der Waals surface area contributed by atoms with Crippen LogP contribution in [-0.2, 0) is 6.42 Å². The molecule has 110 valence electrons. The van der Waals surface area contributed by atoms with Gasteiger partial charge in [-0.15, -0.1) is 0 Å². The largest absolute Gasteiger partial charge is 0.314 e. The monoisotopic (exact) mass is 287 g/mol. The van der Waals surface area contributed by atoms with Crippen LogP contribution in [0.2, 0.25) is 0 Å². The minimum Gasteiger partial charge on any atom is -0.314 e. The number of nitrogens with one attached hydrogen (secondary N) is 1. The Hall–Kier alpha value is -1.74. The smallest absolute Gasteiger partial charge is 0.126 e. The molecule has 2 aromatic rings. The van der Waals surface area contributed by atoms with E-state index in [0.717, 1.165) is 36.9 Å². The topological polar surface area (TPSA) is 12.0 Å². The summed E-state index contributed by atoms with van der Waals surface area (Å²) in [5.74, 6) is 0.0558. The Morgan fingerprint density at radius 3 is 2.38 bits per heavy atom. The molecule has 3 rings (SSSR count). The molecule has 1 nitrogen and oxygen atoms in total. The third kappa shape index (κ3) is 3.48. The first-order valence-electron chi connectivity index (χ1n) is 7.44. The van der Waals surface area contributed by atoms with E-state index in [-0.39, 0.29) is 11.6 Å². The molecule has 2 aromatic carbocycles. The van der Waals surface area contributed by atoms with Gasteiger partial charge in [0.05, 0.1) is 0 Å². The number of halogens is 2. The van der Waals surface area contributed by atoms with Gasteiger partial charge >= 0.3 is 0 Å². The summed E-state index contributed by atoms with van der Waals surface area (Å²) in [5, 5.41) is 3.49. The maximum Gasteiger partial charge on any atom is 0.126 e. The van der Waals surface area contributed by atoms with Crippen LogP contribution in [0.25, 0.3) is 0 Å². The van der Waals surface area contributed by atoms with Crippen molar-refractivity contribution >= 4 is 0 Å². The predicted octanol–water partition coefficient (Wildman–Crippen LogP) is 4.04. The highest BCUT2D eigenvalue weighted by atomic mass is 19.1. The molecule has 0 aromatic heterocycles. The highest BCUT2D eigenvalue weighted by Gasteiger charge is 2.31. The summed E-state index contributed by atoms with van der Waals surface area (Å²) in [4.78, 5) is 0. The number of hydrogen-bond acceptors (Lipinski definition) is 1. The van der Waals surface area contributed by atoms with E-state index in [0.29, 0.717) is 12.0 Å². The van der Waals surface area contributed by atoms with Crippen LogP contribution in [0.1, 0.15) is 29.9 Å². The maximum atomic E-state index is 13.6. The number of benzene rings is 2. The van der Waals surface area contributed by atoms with Crippen molar-refractivity contribution < 1.29 is 8.78 Å². The Morgan fingerprint density at radius 2 is 1.67 bits per heavy atom. The van der Waals surface area contributed by atoms with Crippen LogP contribution < -0.4 is 5.32 Å². The lowest BCUT2D eigenvalue weighted by Gasteiger charge is -2.36. The van der Waals surface area contributed by atoms with Crippen LogP contribution in [0.15, 0.2) is 48.5 Å². The summed E-state index contributed by atoms with van der Waals surface area (Å²) in [5.41, 5.74) is 1.97. The minimum atomic E-state index is -0.196. The second-order valence-corrected chi connectivity index (χ2v) is 5.72. The highest BCUT2D eigenvalue weighted by molar-refractivity contribution is 5.24. The van der Waals surface area contributed by atoms with Crippen LogP contribution in [0, 0.1) is 11.6 Å². The lowest BCUT2D eigenvalue weighted by Crippen LogP contribution is -2.41. The summed E-state index contributed by atoms with van der Waals surface area (Å²) in [6.45, 7) is 0.875. The molecule has 0 unspecified atom stereocenters. The van der Waals surface area contributed by atoms with Crippen molar-refractivity contribution in [2.45, 2.75) is 31.2 Å². The summed E-state index contributed by atoms with van der Waals surface area (Å²) in [6, 6.07) is 14.1. The summed E-state index contributed by atoms with van der Waals surface area (Å²) >= 11 is 0. The van der Waals surface area contributed by atoms with E-state index in [1.165, 1.54) is 18.2 Å². The van der Waals surface area contributed by atoms with Gasteiger partial charge in [0.15, 0.2) is 0 Å². The molecule has 0 radical (unpaired) electrons. The second kappa shape index (κ2) is 6.35. The molecule has 21 heavy (non-hydrogen) atoms. The van der Waals surface area contributed by atoms with Gasteiger partial charge in [0.1, 0.15) is 11.6 Å². The van der Waals surface area contributed by atoms with Gasteiger partial charge in [0.25, 0.3) is 0 Å². The third-order valence-electron chi connectivity index (χ3n) is 4.24. The van der Waals surface area contributed by atoms with Crippen LogP contribution >= 0.6 is 0 Å². The Morgan fingerprint density at radius 1 is 0.952 bits per heavy atom. The maximum absolute atomic E-state index is 13.6. The zero-order valence-electron chi connectivity index (χ0n) is 11.9. The first-order valence-corrected chi connectivity index (χ1v) is 7.44. The van der Waals surface area contributed by atoms with Gasteiger partial charge in [-0.1, -0.05) is 30.3 Å². The Balaban J connectivity index is 1.41. The first-order chi connectivity index (χ1) is 10.2. The van der Waals surface area contributed by atoms with Crippen LogP contribution in [-0.4, -0.2) is 12.6 Å². The van der Waals surface area contributed by atoms with Crippen LogP contribution in [0.4, 0.5) is 8.78 Å². The van der Waals surface area contributed by atoms with E-state index >= 15 is 0 Å². The Bertz CT molecular complexity index is 588. The second-order valence-electron chi connectivity index (χ2n) is 5.72. The van der Waals surface area contributed by atoms with E-state index in [4.69, 9.17) is 0 Å². The van der Waals surface area contributed by atoms with Gasteiger partial charge < -0.3 is 5.32 Å². The molecule has 1 N–H and O–H groups in total. The fraction of sp³-hybridized carbons (Fsp3) is 0.333. The summed E-state index contributed by atoms with van der Waals surface area (Å²) in [7, 11) is 0. The molecule has 0 bridgehead atoms. The van der Waals surface area contributed by atoms with Gasteiger partial charge in [-0.2, -0.15) is 0 Å². The molecule has 0 spiro atoms. The zero-order chi connectivity index (χ0) is 14.7. The van der Waals surface area contributed by atoms with Gasteiger partial charge in [-0.25, -0.2) is 8.78 Å². The standard InChI is InChI=1S/C18H19F2N/c19-15-7-5-13(6-8-15)9-10-21-16-11-14(12-16)17-3-1-2-4-18(17)20/h1-8,14,16,21H,9-12H2. The lowest BCUT2D eigenvalue weighted by molar-refractivity contribution is 0.287. The van der Waals surface area contributed by atoms with E-state index < -0.39 is 0 Å². The molecule has 0 aliphatic heterocycles. The quantitative estimate of drug-likeness (QED) is 0.875. The molecule has 0 amide bonds. The molecular formula is C18H19F2N. The van der Waals surface area contributed by atoms with E-state index in [9.17, 15) is 8.78 Å². The third-order valence-corrected chi connectivity index (χ3v) is 4.24. The summed E-state index contributed by atoms with van der Waals surface area (Å²) < 4.78 is 26.4. The van der Waals surface area contributed by atoms with Crippen molar-refractivity contribution in [2.24, 2.45) is 0 Å². The first kappa shape index (κ1) is 14.2. The normalized spacial score (nSPS) is 21.0. The fourth-order valence-corrected chi connectivity index (χ4v) is 2.92. The van der Waals surface area contributed by atoms with Crippen molar-refractivity contribution in [1.82, 2.24) is 5.32 Å². The van der Waals surface area contributed by atoms with Crippen molar-refractivity contribution in [3.8, 4) is 0 Å². The minimum absolute atomic E-state index is 0.0905. The molecule has 0 saturated heterocycles. The van der Waals surface area contributed by atoms with Gasteiger partial charge in [0.2, 0.25) is 0 Å². The molecule has 1 aliphatic rings. The van der Waals surface area contributed by atoms with Crippen LogP contribution in [0.5, 0.6) is 0 Å². The van der Waals surface area contributed by atoms with Crippen molar-refractivity contribution in [2.75, 3.05) is 6.54 Å². The predicted molar refractivity (Wildman–Crippen MR) is 80.3 cm³/mol. The van der Waals surface area contributed by atoms with Crippen molar-refractivity contribution in [1.29, 1.82) is 0 Å². The molecule has 1 aliphatic carbocycles. The molecule has 0 atom stereocenters. The van der Waals surface area contributed by atoms with Crippen molar-refractivity contribution in [3.05, 3.63) is 71.3 Å².